The van der Waals surface area contributed by atoms with Gasteiger partial charge in [0, 0.05) is 40.6 Å². The summed E-state index contributed by atoms with van der Waals surface area (Å²) in [6.45, 7) is 0. The molecule has 0 aromatic carbocycles. The van der Waals surface area contributed by atoms with E-state index in [1.807, 2.05) is 49.0 Å². The second kappa shape index (κ2) is 4.60. The predicted molar refractivity (Wildman–Crippen MR) is 59.3 cm³/mol. The van der Waals surface area contributed by atoms with Gasteiger partial charge in [0.25, 0.3) is 0 Å². The second-order valence-electron chi connectivity index (χ2n) is 3.21. The number of imidazole rings is 1. The number of rotatable bonds is 2. The highest BCUT2D eigenvalue weighted by molar-refractivity contribution is 5.95. The molecule has 0 atom stereocenters. The first kappa shape index (κ1) is 10.5. The highest BCUT2D eigenvalue weighted by Crippen LogP contribution is 1.98. The van der Waals surface area contributed by atoms with Gasteiger partial charge in [0.15, 0.2) is 0 Å². The van der Waals surface area contributed by atoms with Crippen LogP contribution < -0.4 is 0 Å². The lowest BCUT2D eigenvalue weighted by Gasteiger charge is -2.10. The zero-order valence-electron chi connectivity index (χ0n) is 9.10. The molecule has 0 saturated carbocycles. The van der Waals surface area contributed by atoms with E-state index in [2.05, 4.69) is 9.98 Å². The number of aliphatic imine (C=N–C) groups is 1. The van der Waals surface area contributed by atoms with E-state index in [0.717, 1.165) is 11.7 Å². The zero-order chi connectivity index (χ0) is 10.6. The van der Waals surface area contributed by atoms with Crippen LogP contribution in [0.25, 0.3) is 6.08 Å². The summed E-state index contributed by atoms with van der Waals surface area (Å²) in [6, 6.07) is 0. The van der Waals surface area contributed by atoms with Crippen molar-refractivity contribution in [2.24, 2.45) is 12.0 Å². The Hall–Kier alpha value is -1.58. The van der Waals surface area contributed by atoms with Crippen LogP contribution in [0.3, 0.4) is 0 Å². The fourth-order valence-corrected chi connectivity index (χ4v) is 1.11. The Morgan fingerprint density at radius 3 is 2.71 bits per heavy atom. The molecule has 0 aliphatic heterocycles. The molecule has 14 heavy (non-hydrogen) atoms. The fraction of sp³-hybridized carbons (Fsp3) is 0.400. The number of nitrogens with zero attached hydrogens (tertiary/aromatic N) is 4. The van der Waals surface area contributed by atoms with Gasteiger partial charge in [-0.25, -0.2) is 4.98 Å². The number of aromatic nitrogens is 2. The van der Waals surface area contributed by atoms with E-state index in [4.69, 9.17) is 0 Å². The van der Waals surface area contributed by atoms with E-state index >= 15 is 0 Å². The van der Waals surface area contributed by atoms with E-state index in [-0.39, 0.29) is 0 Å². The molecule has 76 valence electrons. The van der Waals surface area contributed by atoms with Gasteiger partial charge < -0.3 is 9.47 Å². The van der Waals surface area contributed by atoms with E-state index in [1.165, 1.54) is 0 Å². The van der Waals surface area contributed by atoms with Gasteiger partial charge in [0.1, 0.15) is 11.7 Å². The quantitative estimate of drug-likeness (QED) is 0.518. The summed E-state index contributed by atoms with van der Waals surface area (Å²) in [5.41, 5.74) is 0. The SMILES string of the molecule is CN=C(C=Cc1nccn1C)N(C)C. The molecular weight excluding hydrogens is 176 g/mol. The summed E-state index contributed by atoms with van der Waals surface area (Å²) >= 11 is 0. The largest absolute Gasteiger partial charge is 0.363 e. The third-order valence-electron chi connectivity index (χ3n) is 1.93. The minimum atomic E-state index is 0.924. The highest BCUT2D eigenvalue weighted by atomic mass is 15.1. The molecule has 1 heterocycles. The lowest BCUT2D eigenvalue weighted by molar-refractivity contribution is 0.625. The van der Waals surface area contributed by atoms with Crippen LogP contribution in [-0.4, -0.2) is 41.4 Å². The maximum atomic E-state index is 4.18. The van der Waals surface area contributed by atoms with Gasteiger partial charge in [-0.2, -0.15) is 0 Å². The Morgan fingerprint density at radius 1 is 1.57 bits per heavy atom. The Morgan fingerprint density at radius 2 is 2.29 bits per heavy atom. The summed E-state index contributed by atoms with van der Waals surface area (Å²) in [7, 11) is 7.67. The molecule has 4 heteroatoms. The van der Waals surface area contributed by atoms with Crippen molar-refractivity contribution in [3.63, 3.8) is 0 Å². The molecule has 0 aliphatic carbocycles. The van der Waals surface area contributed by atoms with Gasteiger partial charge in [0.05, 0.1) is 0 Å². The zero-order valence-corrected chi connectivity index (χ0v) is 9.10. The van der Waals surface area contributed by atoms with Crippen LogP contribution in [0.4, 0.5) is 0 Å². The van der Waals surface area contributed by atoms with Gasteiger partial charge >= 0.3 is 0 Å². The van der Waals surface area contributed by atoms with Crippen LogP contribution in [0.15, 0.2) is 23.5 Å². The van der Waals surface area contributed by atoms with E-state index in [1.54, 1.807) is 13.2 Å². The third-order valence-corrected chi connectivity index (χ3v) is 1.93. The van der Waals surface area contributed by atoms with Gasteiger partial charge in [-0.1, -0.05) is 0 Å². The summed E-state index contributed by atoms with van der Waals surface area (Å²) in [5, 5.41) is 0. The molecular formula is C10H16N4. The molecule has 0 amide bonds. The maximum Gasteiger partial charge on any atom is 0.132 e. The number of amidine groups is 1. The lowest BCUT2D eigenvalue weighted by Crippen LogP contribution is -2.19. The van der Waals surface area contributed by atoms with Crippen molar-refractivity contribution in [1.29, 1.82) is 0 Å². The molecule has 0 spiro atoms. The van der Waals surface area contributed by atoms with Gasteiger partial charge in [-0.15, -0.1) is 0 Å². The topological polar surface area (TPSA) is 33.4 Å². The van der Waals surface area contributed by atoms with Crippen molar-refractivity contribution in [2.45, 2.75) is 0 Å². The Labute approximate surface area is 84.6 Å². The van der Waals surface area contributed by atoms with Crippen LogP contribution in [0, 0.1) is 0 Å². The molecule has 0 fully saturated rings. The van der Waals surface area contributed by atoms with Crippen LogP contribution >= 0.6 is 0 Å². The van der Waals surface area contributed by atoms with Crippen molar-refractivity contribution >= 4 is 11.9 Å². The summed E-state index contributed by atoms with van der Waals surface area (Å²) < 4.78 is 1.96. The smallest absolute Gasteiger partial charge is 0.132 e. The van der Waals surface area contributed by atoms with Crippen molar-refractivity contribution in [3.05, 3.63) is 24.3 Å². The van der Waals surface area contributed by atoms with Crippen molar-refractivity contribution in [3.8, 4) is 0 Å². The monoisotopic (exact) mass is 192 g/mol. The van der Waals surface area contributed by atoms with Crippen LogP contribution in [0.1, 0.15) is 5.82 Å². The molecule has 0 N–H and O–H groups in total. The number of hydrogen-bond donors (Lipinski definition) is 0. The average molecular weight is 192 g/mol. The Balaban J connectivity index is 2.78. The fourth-order valence-electron chi connectivity index (χ4n) is 1.11. The van der Waals surface area contributed by atoms with Gasteiger partial charge in [0.2, 0.25) is 0 Å². The average Bonchev–Trinajstić information content (AvgIpc) is 2.52. The molecule has 1 aromatic heterocycles. The van der Waals surface area contributed by atoms with Gasteiger partial charge in [-0.05, 0) is 12.2 Å². The molecule has 0 bridgehead atoms. The maximum absolute atomic E-state index is 4.18. The van der Waals surface area contributed by atoms with Crippen LogP contribution in [0.2, 0.25) is 0 Å². The lowest BCUT2D eigenvalue weighted by atomic mass is 10.4. The normalized spacial score (nSPS) is 12.4. The molecule has 4 nitrogen and oxygen atoms in total. The highest BCUT2D eigenvalue weighted by Gasteiger charge is 1.96. The van der Waals surface area contributed by atoms with Crippen LogP contribution in [0.5, 0.6) is 0 Å². The Kier molecular flexibility index (Phi) is 3.45. The summed E-state index contributed by atoms with van der Waals surface area (Å²) in [6.07, 6.45) is 7.58. The minimum Gasteiger partial charge on any atom is -0.363 e. The molecule has 0 radical (unpaired) electrons. The molecule has 1 rings (SSSR count). The number of likely N-dealkylation sites (N-methyl/N-ethyl adjacent to an activating group) is 1. The Bertz CT molecular complexity index is 347. The van der Waals surface area contributed by atoms with Crippen molar-refractivity contribution in [2.75, 3.05) is 21.1 Å². The van der Waals surface area contributed by atoms with Crippen molar-refractivity contribution < 1.29 is 0 Å². The molecule has 0 unspecified atom stereocenters. The van der Waals surface area contributed by atoms with Gasteiger partial charge in [-0.3, -0.25) is 4.99 Å². The third kappa shape index (κ3) is 2.45. The number of aryl methyl sites for hydroxylation is 1. The minimum absolute atomic E-state index is 0.924. The van der Waals surface area contributed by atoms with Crippen molar-refractivity contribution in [1.82, 2.24) is 14.5 Å². The predicted octanol–water partition coefficient (Wildman–Crippen LogP) is 1.02. The summed E-state index contributed by atoms with van der Waals surface area (Å²) in [5.74, 6) is 1.85. The molecule has 1 aromatic rings. The molecule has 0 saturated heterocycles. The van der Waals surface area contributed by atoms with Crippen LogP contribution in [-0.2, 0) is 7.05 Å². The van der Waals surface area contributed by atoms with E-state index in [9.17, 15) is 0 Å². The first-order chi connectivity index (χ1) is 6.65. The molecule has 0 aliphatic rings. The number of hydrogen-bond acceptors (Lipinski definition) is 2. The first-order valence-corrected chi connectivity index (χ1v) is 4.44. The summed E-state index contributed by atoms with van der Waals surface area (Å²) in [4.78, 5) is 10.3. The van der Waals surface area contributed by atoms with E-state index in [0.29, 0.717) is 0 Å². The van der Waals surface area contributed by atoms with E-state index < -0.39 is 0 Å². The standard InChI is InChI=1S/C10H16N4/c1-11-9(13(2)3)5-6-10-12-7-8-14(10)4/h5-8H,1-4H3. The second-order valence-corrected chi connectivity index (χ2v) is 3.21. The first-order valence-electron chi connectivity index (χ1n) is 4.44.